The molecule has 76 valence electrons. The molecular weight excluding hydrogens is 194 g/mol. The summed E-state index contributed by atoms with van der Waals surface area (Å²) in [5.74, 6) is -1.92. The molecule has 0 spiro atoms. The van der Waals surface area contributed by atoms with Crippen LogP contribution in [-0.4, -0.2) is 17.4 Å². The van der Waals surface area contributed by atoms with Crippen LogP contribution in [0.1, 0.15) is 23.5 Å². The van der Waals surface area contributed by atoms with Gasteiger partial charge in [-0.2, -0.15) is 5.26 Å². The van der Waals surface area contributed by atoms with Crippen LogP contribution in [-0.2, 0) is 9.59 Å². The zero-order chi connectivity index (χ0) is 11.3. The SMILES string of the molecule is N#Cc1cccc(C(CC=O)C(=O)O)c1. The van der Waals surface area contributed by atoms with Crippen molar-refractivity contribution in [3.05, 3.63) is 35.4 Å². The lowest BCUT2D eigenvalue weighted by Crippen LogP contribution is -2.12. The van der Waals surface area contributed by atoms with Gasteiger partial charge in [-0.3, -0.25) is 4.79 Å². The Balaban J connectivity index is 3.06. The van der Waals surface area contributed by atoms with E-state index in [1.54, 1.807) is 18.2 Å². The molecule has 1 unspecified atom stereocenters. The van der Waals surface area contributed by atoms with Gasteiger partial charge in [-0.1, -0.05) is 12.1 Å². The van der Waals surface area contributed by atoms with Gasteiger partial charge in [0, 0.05) is 6.42 Å². The van der Waals surface area contributed by atoms with Crippen molar-refractivity contribution in [2.45, 2.75) is 12.3 Å². The summed E-state index contributed by atoms with van der Waals surface area (Å²) in [7, 11) is 0. The number of benzene rings is 1. The second-order valence-corrected chi connectivity index (χ2v) is 3.03. The third-order valence-corrected chi connectivity index (χ3v) is 2.05. The number of hydrogen-bond acceptors (Lipinski definition) is 3. The van der Waals surface area contributed by atoms with Crippen LogP contribution < -0.4 is 0 Å². The first-order valence-corrected chi connectivity index (χ1v) is 4.35. The van der Waals surface area contributed by atoms with E-state index in [2.05, 4.69) is 0 Å². The molecule has 1 N–H and O–H groups in total. The number of nitriles is 1. The van der Waals surface area contributed by atoms with Crippen LogP contribution in [0.5, 0.6) is 0 Å². The molecule has 4 heteroatoms. The van der Waals surface area contributed by atoms with E-state index < -0.39 is 11.9 Å². The first kappa shape index (κ1) is 10.9. The number of rotatable bonds is 4. The molecule has 0 aliphatic carbocycles. The Morgan fingerprint density at radius 2 is 2.33 bits per heavy atom. The number of hydrogen-bond donors (Lipinski definition) is 1. The zero-order valence-corrected chi connectivity index (χ0v) is 7.88. The van der Waals surface area contributed by atoms with Crippen molar-refractivity contribution < 1.29 is 14.7 Å². The first-order chi connectivity index (χ1) is 7.19. The van der Waals surface area contributed by atoms with Gasteiger partial charge in [-0.15, -0.1) is 0 Å². The molecule has 0 radical (unpaired) electrons. The van der Waals surface area contributed by atoms with Crippen LogP contribution in [0.25, 0.3) is 0 Å². The summed E-state index contributed by atoms with van der Waals surface area (Å²) in [6.45, 7) is 0. The van der Waals surface area contributed by atoms with Crippen LogP contribution in [0.15, 0.2) is 24.3 Å². The topological polar surface area (TPSA) is 78.2 Å². The van der Waals surface area contributed by atoms with Crippen molar-refractivity contribution in [2.24, 2.45) is 0 Å². The Bertz CT molecular complexity index is 420. The third kappa shape index (κ3) is 2.64. The quantitative estimate of drug-likeness (QED) is 0.748. The zero-order valence-electron chi connectivity index (χ0n) is 7.88. The standard InChI is InChI=1S/C11H9NO3/c12-7-8-2-1-3-9(6-8)10(4-5-13)11(14)15/h1-3,5-6,10H,4H2,(H,14,15). The van der Waals surface area contributed by atoms with Crippen molar-refractivity contribution in [3.63, 3.8) is 0 Å². The van der Waals surface area contributed by atoms with Gasteiger partial charge in [-0.25, -0.2) is 0 Å². The highest BCUT2D eigenvalue weighted by Crippen LogP contribution is 2.19. The molecule has 4 nitrogen and oxygen atoms in total. The normalized spacial score (nSPS) is 11.4. The maximum Gasteiger partial charge on any atom is 0.311 e. The summed E-state index contributed by atoms with van der Waals surface area (Å²) >= 11 is 0. The van der Waals surface area contributed by atoms with E-state index in [4.69, 9.17) is 10.4 Å². The van der Waals surface area contributed by atoms with Crippen molar-refractivity contribution >= 4 is 12.3 Å². The molecule has 15 heavy (non-hydrogen) atoms. The summed E-state index contributed by atoms with van der Waals surface area (Å²) in [4.78, 5) is 21.2. The summed E-state index contributed by atoms with van der Waals surface area (Å²) in [6, 6.07) is 8.20. The largest absolute Gasteiger partial charge is 0.481 e. The monoisotopic (exact) mass is 203 g/mol. The number of carbonyl (C=O) groups is 2. The third-order valence-electron chi connectivity index (χ3n) is 2.05. The minimum atomic E-state index is -1.06. The van der Waals surface area contributed by atoms with Crippen LogP contribution >= 0.6 is 0 Å². The fraction of sp³-hybridized carbons (Fsp3) is 0.182. The van der Waals surface area contributed by atoms with E-state index in [1.165, 1.54) is 6.07 Å². The Hall–Kier alpha value is -2.15. The van der Waals surface area contributed by atoms with Gasteiger partial charge < -0.3 is 9.90 Å². The van der Waals surface area contributed by atoms with Gasteiger partial charge in [0.25, 0.3) is 0 Å². The molecule has 0 heterocycles. The first-order valence-electron chi connectivity index (χ1n) is 4.35. The minimum absolute atomic E-state index is 0.0792. The van der Waals surface area contributed by atoms with Crippen LogP contribution in [0, 0.1) is 11.3 Å². The predicted octanol–water partition coefficient (Wildman–Crippen LogP) is 1.32. The fourth-order valence-electron chi connectivity index (χ4n) is 1.30. The number of carbonyl (C=O) groups excluding carboxylic acids is 1. The maximum atomic E-state index is 10.8. The van der Waals surface area contributed by atoms with Crippen LogP contribution in [0.2, 0.25) is 0 Å². The highest BCUT2D eigenvalue weighted by atomic mass is 16.4. The molecule has 0 saturated carbocycles. The molecule has 0 fully saturated rings. The summed E-state index contributed by atoms with van der Waals surface area (Å²) < 4.78 is 0. The lowest BCUT2D eigenvalue weighted by Gasteiger charge is -2.08. The Labute approximate surface area is 86.8 Å². The smallest absolute Gasteiger partial charge is 0.311 e. The number of carboxylic acid groups (broad SMARTS) is 1. The summed E-state index contributed by atoms with van der Waals surface area (Å²) in [5.41, 5.74) is 0.873. The lowest BCUT2D eigenvalue weighted by molar-refractivity contribution is -0.139. The fourth-order valence-corrected chi connectivity index (χ4v) is 1.30. The summed E-state index contributed by atoms with van der Waals surface area (Å²) in [6.07, 6.45) is 0.488. The Morgan fingerprint density at radius 1 is 1.60 bits per heavy atom. The number of nitrogens with zero attached hydrogens (tertiary/aromatic N) is 1. The molecule has 0 aliphatic rings. The van der Waals surface area contributed by atoms with E-state index in [0.717, 1.165) is 0 Å². The summed E-state index contributed by atoms with van der Waals surface area (Å²) in [5, 5.41) is 17.5. The van der Waals surface area contributed by atoms with E-state index >= 15 is 0 Å². The molecule has 0 saturated heterocycles. The number of aliphatic carboxylic acids is 1. The molecule has 1 atom stereocenters. The van der Waals surface area contributed by atoms with Gasteiger partial charge in [-0.05, 0) is 17.7 Å². The minimum Gasteiger partial charge on any atom is -0.481 e. The van der Waals surface area contributed by atoms with Crippen molar-refractivity contribution in [1.29, 1.82) is 5.26 Å². The number of aldehydes is 1. The van der Waals surface area contributed by atoms with E-state index in [1.807, 2.05) is 6.07 Å². The van der Waals surface area contributed by atoms with Crippen LogP contribution in [0.3, 0.4) is 0 Å². The second kappa shape index (κ2) is 4.91. The van der Waals surface area contributed by atoms with Gasteiger partial charge in [0.15, 0.2) is 0 Å². The van der Waals surface area contributed by atoms with Gasteiger partial charge >= 0.3 is 5.97 Å². The van der Waals surface area contributed by atoms with E-state index in [9.17, 15) is 9.59 Å². The maximum absolute atomic E-state index is 10.8. The molecule has 0 aromatic heterocycles. The van der Waals surface area contributed by atoms with E-state index in [0.29, 0.717) is 17.4 Å². The van der Waals surface area contributed by atoms with Crippen LogP contribution in [0.4, 0.5) is 0 Å². The average Bonchev–Trinajstić information content (AvgIpc) is 2.25. The number of carboxylic acids is 1. The molecule has 1 aromatic carbocycles. The molecule has 0 amide bonds. The molecule has 0 bridgehead atoms. The van der Waals surface area contributed by atoms with E-state index in [-0.39, 0.29) is 6.42 Å². The van der Waals surface area contributed by atoms with Crippen molar-refractivity contribution in [3.8, 4) is 6.07 Å². The molecule has 1 rings (SSSR count). The Kier molecular flexibility index (Phi) is 3.58. The second-order valence-electron chi connectivity index (χ2n) is 3.03. The van der Waals surface area contributed by atoms with Gasteiger partial charge in [0.05, 0.1) is 17.6 Å². The Morgan fingerprint density at radius 3 is 2.87 bits per heavy atom. The highest BCUT2D eigenvalue weighted by Gasteiger charge is 2.19. The van der Waals surface area contributed by atoms with Crippen molar-refractivity contribution in [1.82, 2.24) is 0 Å². The van der Waals surface area contributed by atoms with Gasteiger partial charge in [0.2, 0.25) is 0 Å². The molecule has 1 aromatic rings. The molecule has 0 aliphatic heterocycles. The van der Waals surface area contributed by atoms with Gasteiger partial charge in [0.1, 0.15) is 6.29 Å². The molecular formula is C11H9NO3. The van der Waals surface area contributed by atoms with Crippen molar-refractivity contribution in [2.75, 3.05) is 0 Å². The average molecular weight is 203 g/mol. The highest BCUT2D eigenvalue weighted by molar-refractivity contribution is 5.79. The predicted molar refractivity (Wildman–Crippen MR) is 52.2 cm³/mol. The lowest BCUT2D eigenvalue weighted by atomic mass is 9.95.